The summed E-state index contributed by atoms with van der Waals surface area (Å²) < 4.78 is 0. The standard InChI is InChI=1S/C9H13N3/c1-12-3-2-6-4-7(10)5-8(11)9(6)12/h4-5H,2-3,10-11H2,1H3. The number of hydrogen-bond donors (Lipinski definition) is 2. The fourth-order valence-electron chi connectivity index (χ4n) is 1.80. The highest BCUT2D eigenvalue weighted by Crippen LogP contribution is 2.34. The van der Waals surface area contributed by atoms with Gasteiger partial charge in [0, 0.05) is 19.3 Å². The minimum atomic E-state index is 0.765. The molecule has 0 radical (unpaired) electrons. The second-order valence-corrected chi connectivity index (χ2v) is 3.29. The second kappa shape index (κ2) is 2.30. The number of anilines is 3. The molecule has 0 unspecified atom stereocenters. The van der Waals surface area contributed by atoms with Crippen molar-refractivity contribution in [3.63, 3.8) is 0 Å². The summed E-state index contributed by atoms with van der Waals surface area (Å²) in [5.74, 6) is 0. The van der Waals surface area contributed by atoms with Crippen LogP contribution in [0.15, 0.2) is 12.1 Å². The van der Waals surface area contributed by atoms with Gasteiger partial charge in [0.05, 0.1) is 11.4 Å². The summed E-state index contributed by atoms with van der Waals surface area (Å²) in [6, 6.07) is 3.83. The lowest BCUT2D eigenvalue weighted by molar-refractivity contribution is 0.956. The van der Waals surface area contributed by atoms with Crippen LogP contribution in [0.3, 0.4) is 0 Å². The average molecular weight is 163 g/mol. The zero-order chi connectivity index (χ0) is 8.72. The Bertz CT molecular complexity index is 320. The van der Waals surface area contributed by atoms with Gasteiger partial charge in [0.1, 0.15) is 0 Å². The fraction of sp³-hybridized carbons (Fsp3) is 0.333. The number of nitrogen functional groups attached to an aromatic ring is 2. The minimum Gasteiger partial charge on any atom is -0.399 e. The van der Waals surface area contributed by atoms with E-state index in [2.05, 4.69) is 11.9 Å². The molecule has 1 aliphatic rings. The van der Waals surface area contributed by atoms with E-state index >= 15 is 0 Å². The molecule has 1 aliphatic heterocycles. The number of fused-ring (bicyclic) bond motifs is 1. The molecular weight excluding hydrogens is 150 g/mol. The lowest BCUT2D eigenvalue weighted by atomic mass is 10.1. The van der Waals surface area contributed by atoms with Gasteiger partial charge >= 0.3 is 0 Å². The van der Waals surface area contributed by atoms with E-state index in [0.717, 1.165) is 30.0 Å². The SMILES string of the molecule is CN1CCc2cc(N)cc(N)c21. The molecule has 0 aromatic heterocycles. The van der Waals surface area contributed by atoms with Gasteiger partial charge in [0.25, 0.3) is 0 Å². The number of nitrogens with zero attached hydrogens (tertiary/aromatic N) is 1. The van der Waals surface area contributed by atoms with E-state index in [0.29, 0.717) is 0 Å². The fourth-order valence-corrected chi connectivity index (χ4v) is 1.80. The molecular formula is C9H13N3. The van der Waals surface area contributed by atoms with Crippen molar-refractivity contribution in [1.82, 2.24) is 0 Å². The summed E-state index contributed by atoms with van der Waals surface area (Å²) in [5, 5.41) is 0. The summed E-state index contributed by atoms with van der Waals surface area (Å²) >= 11 is 0. The number of rotatable bonds is 0. The van der Waals surface area contributed by atoms with Crippen LogP contribution in [-0.4, -0.2) is 13.6 Å². The van der Waals surface area contributed by atoms with Gasteiger partial charge in [-0.2, -0.15) is 0 Å². The highest BCUT2D eigenvalue weighted by Gasteiger charge is 2.18. The Hall–Kier alpha value is -1.38. The Labute approximate surface area is 72.0 Å². The Morgan fingerprint density at radius 1 is 1.33 bits per heavy atom. The van der Waals surface area contributed by atoms with Gasteiger partial charge in [-0.05, 0) is 24.1 Å². The van der Waals surface area contributed by atoms with Crippen LogP contribution in [0, 0.1) is 0 Å². The second-order valence-electron chi connectivity index (χ2n) is 3.29. The smallest absolute Gasteiger partial charge is 0.0632 e. The van der Waals surface area contributed by atoms with E-state index in [1.165, 1.54) is 5.56 Å². The average Bonchev–Trinajstić information content (AvgIpc) is 2.31. The number of hydrogen-bond acceptors (Lipinski definition) is 3. The third-order valence-electron chi connectivity index (χ3n) is 2.34. The Balaban J connectivity index is 2.60. The molecule has 3 heteroatoms. The molecule has 64 valence electrons. The first-order valence-electron chi connectivity index (χ1n) is 4.07. The van der Waals surface area contributed by atoms with Gasteiger partial charge in [-0.25, -0.2) is 0 Å². The molecule has 1 heterocycles. The third-order valence-corrected chi connectivity index (χ3v) is 2.34. The zero-order valence-corrected chi connectivity index (χ0v) is 7.17. The molecule has 1 aromatic carbocycles. The van der Waals surface area contributed by atoms with Gasteiger partial charge in [-0.15, -0.1) is 0 Å². The van der Waals surface area contributed by atoms with Crippen molar-refractivity contribution in [3.8, 4) is 0 Å². The molecule has 0 aliphatic carbocycles. The van der Waals surface area contributed by atoms with Crippen molar-refractivity contribution in [1.29, 1.82) is 0 Å². The van der Waals surface area contributed by atoms with Crippen molar-refractivity contribution in [2.75, 3.05) is 30.0 Å². The number of nitrogens with two attached hydrogens (primary N) is 2. The summed E-state index contributed by atoms with van der Waals surface area (Å²) in [7, 11) is 2.05. The molecule has 0 spiro atoms. The largest absolute Gasteiger partial charge is 0.399 e. The van der Waals surface area contributed by atoms with Gasteiger partial charge in [0.2, 0.25) is 0 Å². The van der Waals surface area contributed by atoms with Gasteiger partial charge < -0.3 is 16.4 Å². The van der Waals surface area contributed by atoms with Gasteiger partial charge in [-0.3, -0.25) is 0 Å². The number of benzene rings is 1. The van der Waals surface area contributed by atoms with Crippen LogP contribution < -0.4 is 16.4 Å². The molecule has 3 nitrogen and oxygen atoms in total. The lowest BCUT2D eigenvalue weighted by Crippen LogP contribution is -2.13. The molecule has 0 fully saturated rings. The summed E-state index contributed by atoms with van der Waals surface area (Å²) in [4.78, 5) is 2.17. The van der Waals surface area contributed by atoms with Crippen molar-refractivity contribution in [2.45, 2.75) is 6.42 Å². The van der Waals surface area contributed by atoms with E-state index in [1.807, 2.05) is 12.1 Å². The maximum atomic E-state index is 5.84. The maximum Gasteiger partial charge on any atom is 0.0632 e. The normalized spacial score (nSPS) is 14.9. The molecule has 2 rings (SSSR count). The van der Waals surface area contributed by atoms with Gasteiger partial charge in [-0.1, -0.05) is 0 Å². The van der Waals surface area contributed by atoms with Crippen molar-refractivity contribution >= 4 is 17.1 Å². The van der Waals surface area contributed by atoms with Crippen molar-refractivity contribution in [2.24, 2.45) is 0 Å². The summed E-state index contributed by atoms with van der Waals surface area (Å²) in [6.45, 7) is 1.04. The van der Waals surface area contributed by atoms with Crippen LogP contribution in [0.25, 0.3) is 0 Å². The van der Waals surface area contributed by atoms with Crippen molar-refractivity contribution in [3.05, 3.63) is 17.7 Å². The van der Waals surface area contributed by atoms with Crippen LogP contribution in [0.1, 0.15) is 5.56 Å². The first kappa shape index (κ1) is 7.28. The summed E-state index contributed by atoms with van der Waals surface area (Å²) in [5.41, 5.74) is 15.5. The maximum absolute atomic E-state index is 5.84. The van der Waals surface area contributed by atoms with E-state index < -0.39 is 0 Å². The molecule has 0 bridgehead atoms. The van der Waals surface area contributed by atoms with E-state index in [-0.39, 0.29) is 0 Å². The molecule has 0 amide bonds. The first-order chi connectivity index (χ1) is 5.68. The van der Waals surface area contributed by atoms with E-state index in [9.17, 15) is 0 Å². The monoisotopic (exact) mass is 163 g/mol. The molecule has 0 saturated carbocycles. The van der Waals surface area contributed by atoms with Crippen LogP contribution in [0.4, 0.5) is 17.1 Å². The topological polar surface area (TPSA) is 55.3 Å². The van der Waals surface area contributed by atoms with Crippen LogP contribution in [0.5, 0.6) is 0 Å². The molecule has 0 saturated heterocycles. The molecule has 0 atom stereocenters. The minimum absolute atomic E-state index is 0.765. The molecule has 12 heavy (non-hydrogen) atoms. The Kier molecular flexibility index (Phi) is 1.40. The van der Waals surface area contributed by atoms with Crippen molar-refractivity contribution < 1.29 is 0 Å². The predicted molar refractivity (Wildman–Crippen MR) is 52.2 cm³/mol. The zero-order valence-electron chi connectivity index (χ0n) is 7.17. The van der Waals surface area contributed by atoms with Crippen LogP contribution in [0.2, 0.25) is 0 Å². The van der Waals surface area contributed by atoms with E-state index in [4.69, 9.17) is 11.5 Å². The first-order valence-corrected chi connectivity index (χ1v) is 4.07. The number of likely N-dealkylation sites (N-methyl/N-ethyl adjacent to an activating group) is 1. The van der Waals surface area contributed by atoms with Gasteiger partial charge in [0.15, 0.2) is 0 Å². The Morgan fingerprint density at radius 3 is 2.83 bits per heavy atom. The highest BCUT2D eigenvalue weighted by atomic mass is 15.1. The van der Waals surface area contributed by atoms with E-state index in [1.54, 1.807) is 0 Å². The lowest BCUT2D eigenvalue weighted by Gasteiger charge is -2.14. The molecule has 4 N–H and O–H groups in total. The Morgan fingerprint density at radius 2 is 2.08 bits per heavy atom. The third kappa shape index (κ3) is 0.897. The highest BCUT2D eigenvalue weighted by molar-refractivity contribution is 5.77. The van der Waals surface area contributed by atoms with Crippen LogP contribution >= 0.6 is 0 Å². The van der Waals surface area contributed by atoms with Crippen LogP contribution in [-0.2, 0) is 6.42 Å². The quantitative estimate of drug-likeness (QED) is 0.557. The molecule has 1 aromatic rings. The predicted octanol–water partition coefficient (Wildman–Crippen LogP) is 0.843. The summed E-state index contributed by atoms with van der Waals surface area (Å²) in [6.07, 6.45) is 1.06.